The molecule has 0 atom stereocenters. The number of aromatic nitrogens is 6. The van der Waals surface area contributed by atoms with E-state index in [0.29, 0.717) is 34.7 Å². The Hall–Kier alpha value is -4.44. The second-order valence-corrected chi connectivity index (χ2v) is 11.4. The average Bonchev–Trinajstić information content (AvgIpc) is 3.60. The van der Waals surface area contributed by atoms with Gasteiger partial charge in [0.05, 0.1) is 28.8 Å². The third-order valence-electron chi connectivity index (χ3n) is 6.04. The summed E-state index contributed by atoms with van der Waals surface area (Å²) < 4.78 is 13.7. The van der Waals surface area contributed by atoms with Crippen LogP contribution >= 0.6 is 11.3 Å². The summed E-state index contributed by atoms with van der Waals surface area (Å²) in [6.45, 7) is 6.07. The Morgan fingerprint density at radius 2 is 1.97 bits per heavy atom. The number of pyridine rings is 3. The van der Waals surface area contributed by atoms with Crippen molar-refractivity contribution >= 4 is 45.0 Å². The first-order chi connectivity index (χ1) is 18.2. The van der Waals surface area contributed by atoms with Crippen LogP contribution in [0.4, 0.5) is 10.1 Å². The maximum Gasteiger partial charge on any atom is 0.224 e. The first-order valence-corrected chi connectivity index (χ1v) is 12.9. The number of hydrogen-bond donors (Lipinski definition) is 3. The van der Waals surface area contributed by atoms with E-state index < -0.39 is 0 Å². The number of aromatic amines is 2. The van der Waals surface area contributed by atoms with Crippen molar-refractivity contribution in [3.05, 3.63) is 66.2 Å². The van der Waals surface area contributed by atoms with E-state index in [1.165, 1.54) is 6.07 Å². The number of nitrogens with zero attached hydrogens (tertiary/aromatic N) is 4. The number of amides is 1. The molecule has 0 fully saturated rings. The number of anilines is 1. The van der Waals surface area contributed by atoms with Crippen LogP contribution in [0.5, 0.6) is 0 Å². The quantitative estimate of drug-likeness (QED) is 0.229. The number of fused-ring (bicyclic) bond motifs is 2. The number of nitrogens with one attached hydrogen (secondary N) is 3. The highest BCUT2D eigenvalue weighted by molar-refractivity contribution is 7.14. The molecular weight excluding hydrogens is 501 g/mol. The molecular formula is C28H24FN7OS. The van der Waals surface area contributed by atoms with Crippen molar-refractivity contribution < 1.29 is 9.18 Å². The lowest BCUT2D eigenvalue weighted by Crippen LogP contribution is -2.19. The minimum Gasteiger partial charge on any atom is -0.338 e. The van der Waals surface area contributed by atoms with Crippen LogP contribution in [0.3, 0.4) is 0 Å². The third kappa shape index (κ3) is 4.66. The number of thiophene rings is 1. The maximum absolute atomic E-state index is 13.7. The van der Waals surface area contributed by atoms with E-state index in [1.54, 1.807) is 24.7 Å². The summed E-state index contributed by atoms with van der Waals surface area (Å²) in [5, 5.41) is 11.1. The van der Waals surface area contributed by atoms with Gasteiger partial charge in [0.2, 0.25) is 5.91 Å². The highest BCUT2D eigenvalue weighted by Crippen LogP contribution is 2.36. The molecule has 8 nitrogen and oxygen atoms in total. The number of H-pyrrole nitrogens is 2. The maximum atomic E-state index is 13.7. The minimum atomic E-state index is -0.233. The van der Waals surface area contributed by atoms with E-state index in [1.807, 2.05) is 51.1 Å². The van der Waals surface area contributed by atoms with E-state index in [-0.39, 0.29) is 16.5 Å². The van der Waals surface area contributed by atoms with E-state index in [2.05, 4.69) is 30.5 Å². The average molecular weight is 526 g/mol. The number of hydrogen-bond acceptors (Lipinski definition) is 6. The van der Waals surface area contributed by atoms with E-state index in [9.17, 15) is 9.18 Å². The number of carbonyl (C=O) groups is 1. The Labute approximate surface area is 221 Å². The summed E-state index contributed by atoms with van der Waals surface area (Å²) in [6.07, 6.45) is 5.45. The number of carbonyl (C=O) groups excluding carboxylic acids is 1. The monoisotopic (exact) mass is 525 g/mol. The molecule has 1 amide bonds. The summed E-state index contributed by atoms with van der Waals surface area (Å²) in [5.74, 6) is -0.0611. The first-order valence-electron chi connectivity index (χ1n) is 12.1. The lowest BCUT2D eigenvalue weighted by atomic mass is 9.92. The summed E-state index contributed by atoms with van der Waals surface area (Å²) in [4.78, 5) is 30.2. The van der Waals surface area contributed by atoms with Gasteiger partial charge in [-0.25, -0.2) is 9.97 Å². The molecule has 0 saturated carbocycles. The van der Waals surface area contributed by atoms with Crippen molar-refractivity contribution in [2.45, 2.75) is 27.2 Å². The molecule has 6 heterocycles. The van der Waals surface area contributed by atoms with Crippen molar-refractivity contribution in [1.29, 1.82) is 0 Å². The number of halogens is 1. The van der Waals surface area contributed by atoms with E-state index in [0.717, 1.165) is 43.9 Å². The molecule has 0 aliphatic carbocycles. The Balaban J connectivity index is 1.36. The lowest BCUT2D eigenvalue weighted by molar-refractivity contribution is -0.117. The largest absolute Gasteiger partial charge is 0.338 e. The van der Waals surface area contributed by atoms with E-state index >= 15 is 0 Å². The molecule has 6 aromatic heterocycles. The van der Waals surface area contributed by atoms with Crippen LogP contribution in [0.25, 0.3) is 55.2 Å². The summed E-state index contributed by atoms with van der Waals surface area (Å²) in [6, 6.07) is 12.7. The zero-order chi connectivity index (χ0) is 26.4. The van der Waals surface area contributed by atoms with Crippen LogP contribution in [-0.4, -0.2) is 36.0 Å². The van der Waals surface area contributed by atoms with Gasteiger partial charge < -0.3 is 10.3 Å². The van der Waals surface area contributed by atoms with Gasteiger partial charge in [-0.15, -0.1) is 11.3 Å². The second-order valence-electron chi connectivity index (χ2n) is 10.3. The van der Waals surface area contributed by atoms with Crippen molar-refractivity contribution in [3.8, 4) is 33.1 Å². The van der Waals surface area contributed by atoms with Crippen molar-refractivity contribution in [1.82, 2.24) is 30.1 Å². The van der Waals surface area contributed by atoms with Gasteiger partial charge in [0.1, 0.15) is 16.9 Å². The highest BCUT2D eigenvalue weighted by atomic mass is 32.1. The molecule has 0 radical (unpaired) electrons. The first kappa shape index (κ1) is 23.9. The van der Waals surface area contributed by atoms with Gasteiger partial charge in [0.25, 0.3) is 0 Å². The van der Waals surface area contributed by atoms with E-state index in [4.69, 9.17) is 4.98 Å². The summed E-state index contributed by atoms with van der Waals surface area (Å²) in [5.41, 5.74) is 6.40. The van der Waals surface area contributed by atoms with Gasteiger partial charge in [0, 0.05) is 40.2 Å². The standard InChI is InChI=1S/C28H24FN7OS/c1-28(2,3)12-24(37)32-16-10-15(13-30-14-16)19-4-5-20-25(33-19)26(36-35-20)21-11-18-17(8-9-31-27(18)34-21)22-6-7-23(29)38-22/h4-11,13-14H,12H2,1-3H3,(H,31,34)(H,32,37)(H,35,36). The summed E-state index contributed by atoms with van der Waals surface area (Å²) in [7, 11) is 0. The summed E-state index contributed by atoms with van der Waals surface area (Å²) >= 11 is 1.10. The molecule has 0 aliphatic rings. The fraction of sp³-hybridized carbons (Fsp3) is 0.179. The van der Waals surface area contributed by atoms with Crippen LogP contribution in [0.2, 0.25) is 0 Å². The predicted octanol–water partition coefficient (Wildman–Crippen LogP) is 6.81. The SMILES string of the molecule is CC(C)(C)CC(=O)Nc1cncc(-c2ccc3[nH]nc(-c4cc5c(-c6ccc(F)s6)ccnc5[nH]4)c3n2)c1. The predicted molar refractivity (Wildman–Crippen MR) is 148 cm³/mol. The highest BCUT2D eigenvalue weighted by Gasteiger charge is 2.18. The molecule has 0 spiro atoms. The van der Waals surface area contributed by atoms with Gasteiger partial charge in [0.15, 0.2) is 5.13 Å². The van der Waals surface area contributed by atoms with Gasteiger partial charge in [-0.3, -0.25) is 14.9 Å². The molecule has 38 heavy (non-hydrogen) atoms. The Morgan fingerprint density at radius 3 is 2.76 bits per heavy atom. The molecule has 0 saturated heterocycles. The van der Waals surface area contributed by atoms with Crippen molar-refractivity contribution in [2.75, 3.05) is 5.32 Å². The molecule has 0 aliphatic heterocycles. The third-order valence-corrected chi connectivity index (χ3v) is 6.95. The molecule has 0 unspecified atom stereocenters. The van der Waals surface area contributed by atoms with Gasteiger partial charge in [-0.2, -0.15) is 9.49 Å². The molecule has 0 aromatic carbocycles. The molecule has 6 aromatic rings. The topological polar surface area (TPSA) is 112 Å². The van der Waals surface area contributed by atoms with Crippen LogP contribution in [0.1, 0.15) is 27.2 Å². The van der Waals surface area contributed by atoms with Crippen LogP contribution in [-0.2, 0) is 4.79 Å². The van der Waals surface area contributed by atoms with Crippen molar-refractivity contribution in [2.24, 2.45) is 5.41 Å². The Morgan fingerprint density at radius 1 is 1.11 bits per heavy atom. The van der Waals surface area contributed by atoms with Crippen LogP contribution in [0.15, 0.2) is 61.1 Å². The van der Waals surface area contributed by atoms with Gasteiger partial charge in [-0.05, 0) is 47.9 Å². The van der Waals surface area contributed by atoms with Crippen LogP contribution < -0.4 is 5.32 Å². The number of rotatable bonds is 5. The normalized spacial score (nSPS) is 11.9. The molecule has 6 rings (SSSR count). The van der Waals surface area contributed by atoms with Gasteiger partial charge in [-0.1, -0.05) is 20.8 Å². The molecule has 190 valence electrons. The van der Waals surface area contributed by atoms with Crippen molar-refractivity contribution in [3.63, 3.8) is 0 Å². The molecule has 3 N–H and O–H groups in total. The fourth-order valence-corrected chi connectivity index (χ4v) is 5.18. The fourth-order valence-electron chi connectivity index (χ4n) is 4.41. The van der Waals surface area contributed by atoms with Gasteiger partial charge >= 0.3 is 0 Å². The zero-order valence-electron chi connectivity index (χ0n) is 21.0. The Kier molecular flexibility index (Phi) is 5.76. The lowest BCUT2D eigenvalue weighted by Gasteiger charge is -2.17. The zero-order valence-corrected chi connectivity index (χ0v) is 21.8. The molecule has 10 heteroatoms. The van der Waals surface area contributed by atoms with Crippen LogP contribution in [0, 0.1) is 10.5 Å². The smallest absolute Gasteiger partial charge is 0.224 e. The minimum absolute atomic E-state index is 0.0611. The second kappa shape index (κ2) is 9.14. The Bertz CT molecular complexity index is 1810. The molecule has 0 bridgehead atoms.